The number of benzene rings is 1. The fourth-order valence-electron chi connectivity index (χ4n) is 3.72. The highest BCUT2D eigenvalue weighted by molar-refractivity contribution is 7.99. The summed E-state index contributed by atoms with van der Waals surface area (Å²) in [7, 11) is 2.14. The van der Waals surface area contributed by atoms with Crippen LogP contribution >= 0.6 is 23.1 Å². The number of carbonyl (C=O) groups excluding carboxylic acids is 1. The maximum Gasteiger partial charge on any atom is 0.234 e. The van der Waals surface area contributed by atoms with Crippen molar-refractivity contribution in [3.8, 4) is 0 Å². The molecule has 1 N–H and O–H groups in total. The van der Waals surface area contributed by atoms with Crippen LogP contribution in [0.3, 0.4) is 0 Å². The van der Waals surface area contributed by atoms with Crippen LogP contribution in [0.2, 0.25) is 0 Å². The van der Waals surface area contributed by atoms with Gasteiger partial charge in [0.15, 0.2) is 5.13 Å². The Labute approximate surface area is 182 Å². The van der Waals surface area contributed by atoms with Gasteiger partial charge in [-0.25, -0.2) is 15.0 Å². The number of thiazole rings is 1. The molecule has 0 atom stereocenters. The number of piperidine rings is 1. The minimum atomic E-state index is 0.0661. The highest BCUT2D eigenvalue weighted by Crippen LogP contribution is 2.34. The molecule has 1 aliphatic rings. The Bertz CT molecular complexity index is 1190. The number of rotatable bonds is 5. The third-order valence-electron chi connectivity index (χ3n) is 5.40. The van der Waals surface area contributed by atoms with Crippen molar-refractivity contribution in [1.29, 1.82) is 0 Å². The second kappa shape index (κ2) is 8.33. The number of nitrogens with zero attached hydrogens (tertiary/aromatic N) is 5. The molecule has 1 amide bonds. The Morgan fingerprint density at radius 2 is 2.17 bits per heavy atom. The van der Waals surface area contributed by atoms with Gasteiger partial charge in [-0.2, -0.15) is 0 Å². The maximum absolute atomic E-state index is 12.5. The number of aromatic nitrogens is 4. The lowest BCUT2D eigenvalue weighted by Gasteiger charge is -2.28. The third-order valence-corrected chi connectivity index (χ3v) is 7.33. The highest BCUT2D eigenvalue weighted by Gasteiger charge is 2.20. The minimum absolute atomic E-state index is 0.0661. The van der Waals surface area contributed by atoms with E-state index < -0.39 is 0 Å². The van der Waals surface area contributed by atoms with E-state index in [0.717, 1.165) is 46.1 Å². The van der Waals surface area contributed by atoms with Crippen molar-refractivity contribution >= 4 is 50.1 Å². The van der Waals surface area contributed by atoms with E-state index in [1.165, 1.54) is 11.3 Å². The number of amides is 1. The van der Waals surface area contributed by atoms with Crippen LogP contribution in [0.15, 0.2) is 52.8 Å². The van der Waals surface area contributed by atoms with Gasteiger partial charge in [0.2, 0.25) is 11.7 Å². The molecule has 1 aliphatic heterocycles. The summed E-state index contributed by atoms with van der Waals surface area (Å²) in [5.41, 5.74) is 0.902. The predicted molar refractivity (Wildman–Crippen MR) is 120 cm³/mol. The zero-order valence-corrected chi connectivity index (χ0v) is 18.2. The largest absolute Gasteiger partial charge is 0.306 e. The SMILES string of the molecule is CN1CCC(CC(=O)Nc2nc3ccc(Sc4cnc5ncccn45)cc3s2)CC1. The van der Waals surface area contributed by atoms with Gasteiger partial charge in [-0.15, -0.1) is 0 Å². The minimum Gasteiger partial charge on any atom is -0.306 e. The molecule has 0 spiro atoms. The summed E-state index contributed by atoms with van der Waals surface area (Å²) >= 11 is 3.15. The van der Waals surface area contributed by atoms with Crippen LogP contribution in [0.4, 0.5) is 5.13 Å². The van der Waals surface area contributed by atoms with Crippen LogP contribution in [0.5, 0.6) is 0 Å². The molecule has 30 heavy (non-hydrogen) atoms. The summed E-state index contributed by atoms with van der Waals surface area (Å²) in [4.78, 5) is 29.1. The van der Waals surface area contributed by atoms with Crippen LogP contribution in [-0.4, -0.2) is 50.3 Å². The lowest BCUT2D eigenvalue weighted by Crippen LogP contribution is -2.31. The molecular formula is C21H22N6OS2. The van der Waals surface area contributed by atoms with Gasteiger partial charge in [0.1, 0.15) is 5.03 Å². The maximum atomic E-state index is 12.5. The molecule has 9 heteroatoms. The molecule has 3 aromatic heterocycles. The molecule has 0 saturated carbocycles. The molecule has 4 aromatic rings. The second-order valence-electron chi connectivity index (χ2n) is 7.64. The first-order chi connectivity index (χ1) is 14.6. The van der Waals surface area contributed by atoms with Crippen LogP contribution in [-0.2, 0) is 4.79 Å². The zero-order chi connectivity index (χ0) is 20.5. The number of anilines is 1. The van der Waals surface area contributed by atoms with Crippen molar-refractivity contribution in [3.05, 3.63) is 42.9 Å². The zero-order valence-electron chi connectivity index (χ0n) is 16.6. The molecule has 1 fully saturated rings. The van der Waals surface area contributed by atoms with Crippen molar-refractivity contribution in [2.45, 2.75) is 29.2 Å². The summed E-state index contributed by atoms with van der Waals surface area (Å²) in [6.07, 6.45) is 8.28. The van der Waals surface area contributed by atoms with Crippen molar-refractivity contribution in [2.75, 3.05) is 25.5 Å². The van der Waals surface area contributed by atoms with Crippen molar-refractivity contribution < 1.29 is 4.79 Å². The van der Waals surface area contributed by atoms with Crippen LogP contribution < -0.4 is 5.32 Å². The Balaban J connectivity index is 1.27. The predicted octanol–water partition coefficient (Wildman–Crippen LogP) is 4.16. The molecule has 154 valence electrons. The number of nitrogens with one attached hydrogen (secondary N) is 1. The van der Waals surface area contributed by atoms with E-state index in [-0.39, 0.29) is 5.91 Å². The lowest BCUT2D eigenvalue weighted by molar-refractivity contribution is -0.117. The van der Waals surface area contributed by atoms with Gasteiger partial charge in [0.05, 0.1) is 16.4 Å². The number of carbonyl (C=O) groups is 1. The van der Waals surface area contributed by atoms with E-state index in [4.69, 9.17) is 0 Å². The van der Waals surface area contributed by atoms with Crippen molar-refractivity contribution in [1.82, 2.24) is 24.3 Å². The number of hydrogen-bond acceptors (Lipinski definition) is 7. The Hall–Kier alpha value is -2.49. The highest BCUT2D eigenvalue weighted by atomic mass is 32.2. The summed E-state index contributed by atoms with van der Waals surface area (Å²) in [5.74, 6) is 1.23. The molecule has 7 nitrogen and oxygen atoms in total. The average molecular weight is 439 g/mol. The first kappa shape index (κ1) is 19.5. The monoisotopic (exact) mass is 438 g/mol. The molecule has 0 aliphatic carbocycles. The fourth-order valence-corrected chi connectivity index (χ4v) is 5.62. The van der Waals surface area contributed by atoms with Gasteiger partial charge in [-0.05, 0) is 63.2 Å². The standard InChI is InChI=1S/C21H22N6OS2/c1-26-9-5-14(6-10-26)11-18(28)25-21-24-16-4-3-15(12-17(16)30-21)29-19-13-23-20-22-7-2-8-27(19)20/h2-4,7-8,12-14H,5-6,9-11H2,1H3,(H,24,25,28). The van der Waals surface area contributed by atoms with E-state index >= 15 is 0 Å². The summed E-state index contributed by atoms with van der Waals surface area (Å²) in [5, 5.41) is 4.68. The summed E-state index contributed by atoms with van der Waals surface area (Å²) in [6, 6.07) is 8.06. The smallest absolute Gasteiger partial charge is 0.234 e. The summed E-state index contributed by atoms with van der Waals surface area (Å²) < 4.78 is 3.03. The van der Waals surface area contributed by atoms with Gasteiger partial charge in [0, 0.05) is 23.7 Å². The van der Waals surface area contributed by atoms with Crippen LogP contribution in [0, 0.1) is 5.92 Å². The van der Waals surface area contributed by atoms with E-state index in [1.54, 1.807) is 18.0 Å². The van der Waals surface area contributed by atoms with Gasteiger partial charge >= 0.3 is 0 Å². The molecule has 0 radical (unpaired) electrons. The molecule has 0 bridgehead atoms. The third kappa shape index (κ3) is 4.19. The van der Waals surface area contributed by atoms with E-state index in [1.807, 2.05) is 35.0 Å². The normalized spacial score (nSPS) is 15.8. The Morgan fingerprint density at radius 3 is 3.03 bits per heavy atom. The van der Waals surface area contributed by atoms with Gasteiger partial charge in [0.25, 0.3) is 0 Å². The van der Waals surface area contributed by atoms with Gasteiger partial charge in [-0.1, -0.05) is 23.1 Å². The number of likely N-dealkylation sites (tertiary alicyclic amines) is 1. The van der Waals surface area contributed by atoms with Crippen LogP contribution in [0.25, 0.3) is 16.0 Å². The Kier molecular flexibility index (Phi) is 5.41. The number of imidazole rings is 1. The molecule has 0 unspecified atom stereocenters. The summed E-state index contributed by atoms with van der Waals surface area (Å²) in [6.45, 7) is 2.14. The first-order valence-corrected chi connectivity index (χ1v) is 11.6. The molecule has 5 rings (SSSR count). The molecule has 1 saturated heterocycles. The quantitative estimate of drug-likeness (QED) is 0.504. The van der Waals surface area contributed by atoms with Crippen molar-refractivity contribution in [2.24, 2.45) is 5.92 Å². The first-order valence-electron chi connectivity index (χ1n) is 9.99. The Morgan fingerprint density at radius 1 is 1.30 bits per heavy atom. The number of hydrogen-bond donors (Lipinski definition) is 1. The fraction of sp³-hybridized carbons (Fsp3) is 0.333. The van der Waals surface area contributed by atoms with Gasteiger partial charge < -0.3 is 10.2 Å². The average Bonchev–Trinajstić information content (AvgIpc) is 3.33. The van der Waals surface area contributed by atoms with Gasteiger partial charge in [-0.3, -0.25) is 9.20 Å². The molecule has 1 aromatic carbocycles. The van der Waals surface area contributed by atoms with Crippen LogP contribution in [0.1, 0.15) is 19.3 Å². The lowest BCUT2D eigenvalue weighted by atomic mass is 9.93. The van der Waals surface area contributed by atoms with Crippen molar-refractivity contribution in [3.63, 3.8) is 0 Å². The second-order valence-corrected chi connectivity index (χ2v) is 9.76. The topological polar surface area (TPSA) is 75.4 Å². The van der Waals surface area contributed by atoms with E-state index in [2.05, 4.69) is 38.3 Å². The molecule has 4 heterocycles. The molecular weight excluding hydrogens is 416 g/mol. The van der Waals surface area contributed by atoms with E-state index in [9.17, 15) is 4.79 Å². The number of fused-ring (bicyclic) bond motifs is 2. The van der Waals surface area contributed by atoms with E-state index in [0.29, 0.717) is 23.2 Å².